The molecule has 2 aromatic carbocycles. The minimum absolute atomic E-state index is 0.00445. The molecule has 1 atom stereocenters. The molecule has 0 spiro atoms. The van der Waals surface area contributed by atoms with E-state index >= 15 is 0 Å². The fourth-order valence-corrected chi connectivity index (χ4v) is 3.41. The standard InChI is InChI=1S/C15H13BrClI/c1-10-4-2-3-5-11(10)8-15(17)13-9-12(18)6-7-14(13)16/h2-7,9,15H,8H2,1H3. The van der Waals surface area contributed by atoms with Crippen LogP contribution in [0.15, 0.2) is 46.9 Å². The molecule has 0 bridgehead atoms. The van der Waals surface area contributed by atoms with Crippen molar-refractivity contribution in [3.8, 4) is 0 Å². The van der Waals surface area contributed by atoms with Crippen LogP contribution in [0.1, 0.15) is 22.1 Å². The average molecular weight is 436 g/mol. The van der Waals surface area contributed by atoms with Crippen LogP contribution in [0.4, 0.5) is 0 Å². The molecule has 0 saturated carbocycles. The Hall–Kier alpha value is -0.0600. The first-order valence-electron chi connectivity index (χ1n) is 5.71. The number of benzene rings is 2. The van der Waals surface area contributed by atoms with E-state index in [1.54, 1.807) is 0 Å². The van der Waals surface area contributed by atoms with Crippen LogP contribution in [0.2, 0.25) is 0 Å². The zero-order valence-electron chi connectivity index (χ0n) is 9.96. The van der Waals surface area contributed by atoms with Crippen molar-refractivity contribution in [2.75, 3.05) is 0 Å². The Morgan fingerprint density at radius 3 is 2.67 bits per heavy atom. The predicted octanol–water partition coefficient (Wildman–Crippen LogP) is 5.88. The van der Waals surface area contributed by atoms with Crippen molar-refractivity contribution in [3.05, 3.63) is 67.2 Å². The second-order valence-corrected chi connectivity index (χ2v) is 6.89. The summed E-state index contributed by atoms with van der Waals surface area (Å²) in [5, 5.41) is -0.00445. The van der Waals surface area contributed by atoms with Crippen molar-refractivity contribution in [2.45, 2.75) is 18.7 Å². The maximum Gasteiger partial charge on any atom is 0.0637 e. The summed E-state index contributed by atoms with van der Waals surface area (Å²) in [6.07, 6.45) is 0.854. The number of rotatable bonds is 3. The molecule has 94 valence electrons. The highest BCUT2D eigenvalue weighted by Crippen LogP contribution is 2.32. The molecular formula is C15H13BrClI. The van der Waals surface area contributed by atoms with E-state index in [-0.39, 0.29) is 5.38 Å². The molecule has 2 rings (SSSR count). The zero-order valence-corrected chi connectivity index (χ0v) is 14.5. The van der Waals surface area contributed by atoms with Gasteiger partial charge in [-0.05, 0) is 70.8 Å². The molecule has 3 heteroatoms. The van der Waals surface area contributed by atoms with Gasteiger partial charge in [-0.25, -0.2) is 0 Å². The first kappa shape index (κ1) is 14.4. The van der Waals surface area contributed by atoms with Crippen LogP contribution in [0.3, 0.4) is 0 Å². The molecule has 18 heavy (non-hydrogen) atoms. The monoisotopic (exact) mass is 434 g/mol. The van der Waals surface area contributed by atoms with E-state index in [1.807, 2.05) is 0 Å². The lowest BCUT2D eigenvalue weighted by Crippen LogP contribution is -1.99. The summed E-state index contributed by atoms with van der Waals surface area (Å²) < 4.78 is 2.29. The van der Waals surface area contributed by atoms with Gasteiger partial charge in [0.15, 0.2) is 0 Å². The second-order valence-electron chi connectivity index (χ2n) is 4.26. The molecule has 0 aliphatic heterocycles. The lowest BCUT2D eigenvalue weighted by atomic mass is 10.0. The van der Waals surface area contributed by atoms with Gasteiger partial charge < -0.3 is 0 Å². The van der Waals surface area contributed by atoms with Crippen molar-refractivity contribution in [1.82, 2.24) is 0 Å². The van der Waals surface area contributed by atoms with Gasteiger partial charge >= 0.3 is 0 Å². The molecular weight excluding hydrogens is 422 g/mol. The summed E-state index contributed by atoms with van der Waals surface area (Å²) in [5.74, 6) is 0. The van der Waals surface area contributed by atoms with Gasteiger partial charge in [-0.2, -0.15) is 0 Å². The molecule has 2 aromatic rings. The van der Waals surface area contributed by atoms with Crippen molar-refractivity contribution < 1.29 is 0 Å². The van der Waals surface area contributed by atoms with Gasteiger partial charge in [0, 0.05) is 8.04 Å². The Kier molecular flexibility index (Phi) is 5.10. The van der Waals surface area contributed by atoms with Gasteiger partial charge in [0.1, 0.15) is 0 Å². The number of halogens is 3. The van der Waals surface area contributed by atoms with E-state index in [9.17, 15) is 0 Å². The average Bonchev–Trinajstić information content (AvgIpc) is 2.35. The van der Waals surface area contributed by atoms with Gasteiger partial charge in [-0.3, -0.25) is 0 Å². The summed E-state index contributed by atoms with van der Waals surface area (Å²) in [7, 11) is 0. The molecule has 0 nitrogen and oxygen atoms in total. The molecule has 1 unspecified atom stereocenters. The van der Waals surface area contributed by atoms with Crippen LogP contribution in [0, 0.1) is 10.5 Å². The minimum Gasteiger partial charge on any atom is -0.117 e. The third kappa shape index (κ3) is 3.49. The number of alkyl halides is 1. The Morgan fingerprint density at radius 2 is 1.94 bits per heavy atom. The normalized spacial score (nSPS) is 12.4. The van der Waals surface area contributed by atoms with Gasteiger partial charge in [-0.1, -0.05) is 40.2 Å². The van der Waals surface area contributed by atoms with Crippen LogP contribution in [-0.4, -0.2) is 0 Å². The van der Waals surface area contributed by atoms with Gasteiger partial charge in [0.05, 0.1) is 5.38 Å². The molecule has 0 N–H and O–H groups in total. The topological polar surface area (TPSA) is 0 Å². The van der Waals surface area contributed by atoms with Crippen molar-refractivity contribution >= 4 is 50.1 Å². The van der Waals surface area contributed by atoms with Crippen molar-refractivity contribution in [2.24, 2.45) is 0 Å². The summed E-state index contributed by atoms with van der Waals surface area (Å²) in [5.41, 5.74) is 3.76. The first-order valence-corrected chi connectivity index (χ1v) is 8.02. The molecule has 0 saturated heterocycles. The van der Waals surface area contributed by atoms with E-state index in [1.165, 1.54) is 14.7 Å². The van der Waals surface area contributed by atoms with Crippen LogP contribution in [0.25, 0.3) is 0 Å². The summed E-state index contributed by atoms with van der Waals surface area (Å²) in [6, 6.07) is 14.7. The van der Waals surface area contributed by atoms with Crippen LogP contribution in [-0.2, 0) is 6.42 Å². The quantitative estimate of drug-likeness (QED) is 0.417. The molecule has 0 heterocycles. The van der Waals surface area contributed by atoms with E-state index in [0.717, 1.165) is 16.5 Å². The zero-order chi connectivity index (χ0) is 13.1. The maximum atomic E-state index is 6.56. The lowest BCUT2D eigenvalue weighted by molar-refractivity contribution is 0.905. The Labute approximate surface area is 135 Å². The Balaban J connectivity index is 2.25. The SMILES string of the molecule is Cc1ccccc1CC(Cl)c1cc(I)ccc1Br. The number of hydrogen-bond acceptors (Lipinski definition) is 0. The van der Waals surface area contributed by atoms with E-state index < -0.39 is 0 Å². The van der Waals surface area contributed by atoms with E-state index in [0.29, 0.717) is 0 Å². The molecule has 0 radical (unpaired) electrons. The van der Waals surface area contributed by atoms with E-state index in [4.69, 9.17) is 11.6 Å². The van der Waals surface area contributed by atoms with Gasteiger partial charge in [-0.15, -0.1) is 11.6 Å². The van der Waals surface area contributed by atoms with Crippen molar-refractivity contribution in [1.29, 1.82) is 0 Å². The van der Waals surface area contributed by atoms with Crippen LogP contribution < -0.4 is 0 Å². The molecule has 0 fully saturated rings. The van der Waals surface area contributed by atoms with Crippen LogP contribution in [0.5, 0.6) is 0 Å². The summed E-state index contributed by atoms with van der Waals surface area (Å²) >= 11 is 12.4. The highest BCUT2D eigenvalue weighted by Gasteiger charge is 2.13. The molecule has 0 amide bonds. The van der Waals surface area contributed by atoms with Crippen LogP contribution >= 0.6 is 50.1 Å². The predicted molar refractivity (Wildman–Crippen MR) is 90.3 cm³/mol. The van der Waals surface area contributed by atoms with Gasteiger partial charge in [0.2, 0.25) is 0 Å². The Bertz CT molecular complexity index is 554. The van der Waals surface area contributed by atoms with Crippen molar-refractivity contribution in [3.63, 3.8) is 0 Å². The smallest absolute Gasteiger partial charge is 0.0637 e. The highest BCUT2D eigenvalue weighted by molar-refractivity contribution is 14.1. The summed E-state index contributed by atoms with van der Waals surface area (Å²) in [6.45, 7) is 2.13. The Morgan fingerprint density at radius 1 is 1.22 bits per heavy atom. The first-order chi connectivity index (χ1) is 8.58. The van der Waals surface area contributed by atoms with E-state index in [2.05, 4.69) is 87.9 Å². The highest BCUT2D eigenvalue weighted by atomic mass is 127. The fraction of sp³-hybridized carbons (Fsp3) is 0.200. The van der Waals surface area contributed by atoms with Gasteiger partial charge in [0.25, 0.3) is 0 Å². The third-order valence-electron chi connectivity index (χ3n) is 2.96. The summed E-state index contributed by atoms with van der Waals surface area (Å²) in [4.78, 5) is 0. The molecule has 0 aromatic heterocycles. The maximum absolute atomic E-state index is 6.56. The third-order valence-corrected chi connectivity index (χ3v) is 4.74. The minimum atomic E-state index is -0.00445. The molecule has 0 aliphatic carbocycles. The number of hydrogen-bond donors (Lipinski definition) is 0. The fourth-order valence-electron chi connectivity index (χ4n) is 1.90. The second kappa shape index (κ2) is 6.40. The lowest BCUT2D eigenvalue weighted by Gasteiger charge is -2.14. The molecule has 0 aliphatic rings. The number of aryl methyl sites for hydroxylation is 1. The largest absolute Gasteiger partial charge is 0.117 e.